The fourth-order valence-electron chi connectivity index (χ4n) is 5.66. The Balaban J connectivity index is 1.01. The molecule has 0 aliphatic rings. The number of ether oxygens (including phenoxy) is 2. The van der Waals surface area contributed by atoms with Crippen molar-refractivity contribution in [1.29, 1.82) is 0 Å². The number of ketones is 1. The second kappa shape index (κ2) is 16.7. The molecule has 6 aromatic rings. The van der Waals surface area contributed by atoms with Crippen LogP contribution in [0.1, 0.15) is 69.9 Å². The van der Waals surface area contributed by atoms with Crippen LogP contribution in [0.25, 0.3) is 22.3 Å². The van der Waals surface area contributed by atoms with Crippen molar-refractivity contribution in [2.45, 2.75) is 40.2 Å². The molecule has 53 heavy (non-hydrogen) atoms. The van der Waals surface area contributed by atoms with Gasteiger partial charge in [0.2, 0.25) is 0 Å². The second-order valence-corrected chi connectivity index (χ2v) is 15.1. The first-order chi connectivity index (χ1) is 25.5. The van der Waals surface area contributed by atoms with E-state index in [4.69, 9.17) is 9.47 Å². The van der Waals surface area contributed by atoms with Crippen LogP contribution in [0.3, 0.4) is 0 Å². The van der Waals surface area contributed by atoms with Gasteiger partial charge < -0.3 is 4.74 Å². The molecule has 0 atom stereocenters. The van der Waals surface area contributed by atoms with Crippen molar-refractivity contribution >= 4 is 26.7 Å². The molecule has 0 saturated carbocycles. The van der Waals surface area contributed by atoms with Crippen molar-refractivity contribution in [1.82, 2.24) is 0 Å². The van der Waals surface area contributed by atoms with Crippen molar-refractivity contribution < 1.29 is 41.3 Å². The third kappa shape index (κ3) is 9.38. The molecule has 0 aromatic heterocycles. The third-order valence-corrected chi connectivity index (χ3v) is 10.3. The first-order valence-electron chi connectivity index (χ1n) is 17.4. The van der Waals surface area contributed by atoms with Crippen LogP contribution in [0.4, 0.5) is 0 Å². The largest absolute Gasteiger partial charge is 0.0535 e. The van der Waals surface area contributed by atoms with Crippen LogP contribution >= 0.6 is 0 Å². The van der Waals surface area contributed by atoms with Crippen LogP contribution in [0.2, 0.25) is 0 Å². The summed E-state index contributed by atoms with van der Waals surface area (Å²) in [6.45, 7) is 7.42. The second-order valence-electron chi connectivity index (χ2n) is 13.2. The minimum Gasteiger partial charge on any atom is -0.0535 e. The molecule has 0 N–H and O–H groups in total. The van der Waals surface area contributed by atoms with E-state index in [0.29, 0.717) is 28.9 Å². The summed E-state index contributed by atoms with van der Waals surface area (Å²) in [5.41, 5.74) is 7.58. The fraction of sp³-hybridized carbons (Fsp3) is 0.152. The number of Topliss-reactive ketones (excluding diaryl/α,β-unsaturated/α-hetero) is 1. The fourth-order valence-corrected chi connectivity index (χ4v) is 6.98. The van der Waals surface area contributed by atoms with E-state index in [2.05, 4.69) is 0 Å². The zero-order valence-electron chi connectivity index (χ0n) is 30.0. The molecule has 6 rings (SSSR count). The number of carbonyl (C=O) groups is 3. The van der Waals surface area contributed by atoms with E-state index < -0.39 is 19.6 Å². The molecular formula is C46H40CoO6. The Morgan fingerprint density at radius 2 is 0.868 bits per heavy atom. The Kier molecular flexibility index (Phi) is 11.7. The molecule has 6 aromatic carbocycles. The summed E-state index contributed by atoms with van der Waals surface area (Å²) in [6, 6.07) is 44.8. The van der Waals surface area contributed by atoms with Crippen molar-refractivity contribution in [3.05, 3.63) is 173 Å². The maximum atomic E-state index is 13.4. The van der Waals surface area contributed by atoms with Gasteiger partial charge in [0.05, 0.1) is 11.7 Å². The first-order valence-corrected chi connectivity index (χ1v) is 18.9. The molecular weight excluding hydrogens is 707 g/mol. The predicted molar refractivity (Wildman–Crippen MR) is 204 cm³/mol. The van der Waals surface area contributed by atoms with Crippen molar-refractivity contribution in [3.8, 4) is 28.0 Å². The summed E-state index contributed by atoms with van der Waals surface area (Å²) < 4.78 is 25.7. The van der Waals surface area contributed by atoms with Crippen LogP contribution in [-0.2, 0) is 28.6 Å². The number of hydrogen-bond acceptors (Lipinski definition) is 6. The Morgan fingerprint density at radius 1 is 0.491 bits per heavy atom. The van der Waals surface area contributed by atoms with Crippen LogP contribution < -0.4 is 13.7 Å². The average Bonchev–Trinajstić information content (AvgIpc) is 3.18. The van der Waals surface area contributed by atoms with Gasteiger partial charge in [-0.1, -0.05) is 24.3 Å². The molecule has 0 aliphatic heterocycles. The molecule has 0 radical (unpaired) electrons. The summed E-state index contributed by atoms with van der Waals surface area (Å²) >= 11 is -1.73. The molecule has 0 amide bonds. The summed E-state index contributed by atoms with van der Waals surface area (Å²) in [7, 11) is 0. The predicted octanol–water partition coefficient (Wildman–Crippen LogP) is 9.15. The molecule has 0 fully saturated rings. The minimum absolute atomic E-state index is 0.0454. The van der Waals surface area contributed by atoms with Gasteiger partial charge >= 0.3 is 221 Å². The van der Waals surface area contributed by atoms with Crippen molar-refractivity contribution in [2.75, 3.05) is 0 Å². The summed E-state index contributed by atoms with van der Waals surface area (Å²) in [5, 5.41) is 0. The number of esters is 2. The molecule has 7 heteroatoms. The van der Waals surface area contributed by atoms with E-state index in [1.165, 1.54) is 0 Å². The number of hydrogen-bond donors (Lipinski definition) is 0. The standard InChI is InChI=1S/C30H25O4.C16H15O.Co.O/c1-21(2)33-29(31)27-14-12-24(13-15-27)25-16-18-28(19-17-25)34-30(32)26-10-8-23(9-11-26)20-22-6-4-3-5-7-22;1-12(2)16(17)15-10-8-14(9-11-15)13-6-4-3-5-7-13;;/h4-19,21H,20H2,1-2H3;4-12H,1-2H3;;. The van der Waals surface area contributed by atoms with E-state index in [-0.39, 0.29) is 23.8 Å². The summed E-state index contributed by atoms with van der Waals surface area (Å²) in [6.07, 6.45) is 0.474. The molecule has 0 heterocycles. The van der Waals surface area contributed by atoms with Crippen LogP contribution in [0.15, 0.2) is 146 Å². The van der Waals surface area contributed by atoms with Crippen LogP contribution in [-0.4, -0.2) is 23.8 Å². The zero-order chi connectivity index (χ0) is 37.5. The summed E-state index contributed by atoms with van der Waals surface area (Å²) in [4.78, 5) is 37.3. The van der Waals surface area contributed by atoms with E-state index in [0.717, 1.165) is 42.4 Å². The Bertz CT molecular complexity index is 2220. The quantitative estimate of drug-likeness (QED) is 0.0706. The van der Waals surface area contributed by atoms with Crippen LogP contribution in [0.5, 0.6) is 5.75 Å². The van der Waals surface area contributed by atoms with Crippen LogP contribution in [0, 0.1) is 5.92 Å². The Morgan fingerprint density at radius 3 is 1.34 bits per heavy atom. The molecule has 0 unspecified atom stereocenters. The average molecular weight is 748 g/mol. The molecule has 269 valence electrons. The topological polar surface area (TPSA) is 86.7 Å². The van der Waals surface area contributed by atoms with E-state index >= 15 is 0 Å². The first kappa shape index (κ1) is 37.0. The molecule has 0 saturated heterocycles. The smallest absolute Gasteiger partial charge is 0.0186 e. The Labute approximate surface area is 314 Å². The van der Waals surface area contributed by atoms with Gasteiger partial charge in [0.25, 0.3) is 0 Å². The van der Waals surface area contributed by atoms with Gasteiger partial charge in [-0.25, -0.2) is 4.79 Å². The van der Waals surface area contributed by atoms with E-state index in [1.807, 2.05) is 137 Å². The molecule has 0 aliphatic carbocycles. The van der Waals surface area contributed by atoms with Gasteiger partial charge in [-0.3, -0.25) is 0 Å². The van der Waals surface area contributed by atoms with Crippen molar-refractivity contribution in [2.24, 2.45) is 5.92 Å². The maximum Gasteiger partial charge on any atom is -0.0186 e. The number of carbonyl (C=O) groups excluding carboxylic acids is 3. The molecule has 0 bridgehead atoms. The number of rotatable bonds is 12. The van der Waals surface area contributed by atoms with Gasteiger partial charge in [-0.05, 0) is 49.2 Å². The van der Waals surface area contributed by atoms with Crippen molar-refractivity contribution in [3.63, 3.8) is 0 Å². The summed E-state index contributed by atoms with van der Waals surface area (Å²) in [5.74, 6) is -0.295. The minimum atomic E-state index is -1.73. The normalized spacial score (nSPS) is 11.3. The SMILES string of the molecule is CC(C)OC(=O)c1ccc(-c2ccc(OC(=O)c3ccc(Cc4cc[c]([Co](=[O])[c]5ccc(-c6ccc(C(=O)C(C)C)cc6)cc5)cc4)cc3)cc2)cc1. The van der Waals surface area contributed by atoms with Gasteiger partial charge in [0.1, 0.15) is 0 Å². The van der Waals surface area contributed by atoms with Gasteiger partial charge in [0.15, 0.2) is 0 Å². The van der Waals surface area contributed by atoms with Gasteiger partial charge in [0, 0.05) is 0 Å². The molecule has 6 nitrogen and oxygen atoms in total. The van der Waals surface area contributed by atoms with E-state index in [9.17, 15) is 18.2 Å². The number of benzene rings is 6. The van der Waals surface area contributed by atoms with E-state index in [1.54, 1.807) is 36.4 Å². The van der Waals surface area contributed by atoms with Gasteiger partial charge in [-0.15, -0.1) is 0 Å². The zero-order valence-corrected chi connectivity index (χ0v) is 31.0. The molecule has 0 spiro atoms. The maximum absolute atomic E-state index is 13.4. The monoisotopic (exact) mass is 747 g/mol. The third-order valence-electron chi connectivity index (χ3n) is 8.56. The Hall–Kier alpha value is -5.76. The van der Waals surface area contributed by atoms with Gasteiger partial charge in [-0.2, -0.15) is 0 Å².